The highest BCUT2D eigenvalue weighted by Gasteiger charge is 2.17. The molecule has 0 spiro atoms. The Morgan fingerprint density at radius 2 is 2.33 bits per heavy atom. The second-order valence-corrected chi connectivity index (χ2v) is 4.98. The lowest BCUT2D eigenvalue weighted by molar-refractivity contribution is 0.363. The summed E-state index contributed by atoms with van der Waals surface area (Å²) in [5, 5.41) is 4.05. The minimum Gasteiger partial charge on any atom is -0.315 e. The molecular weight excluding hydrogens is 226 g/mol. The lowest BCUT2D eigenvalue weighted by Gasteiger charge is -2.24. The standard InChI is InChI=1S/C14H17N3O/c1-10-4-5-12-13(7-10)16-9-17(14(12)18)11-3-2-6-15-8-11/h4-5,7,9,11,15H,2-3,6,8H2,1H3. The van der Waals surface area contributed by atoms with Crippen LogP contribution in [0.25, 0.3) is 10.9 Å². The molecule has 1 fully saturated rings. The molecule has 1 aromatic carbocycles. The van der Waals surface area contributed by atoms with Gasteiger partial charge >= 0.3 is 0 Å². The maximum atomic E-state index is 12.4. The van der Waals surface area contributed by atoms with Crippen LogP contribution >= 0.6 is 0 Å². The third-order valence-electron chi connectivity index (χ3n) is 3.60. The molecule has 1 atom stereocenters. The number of hydrogen-bond donors (Lipinski definition) is 1. The molecule has 1 saturated heterocycles. The van der Waals surface area contributed by atoms with Crippen molar-refractivity contribution in [3.05, 3.63) is 40.4 Å². The fraction of sp³-hybridized carbons (Fsp3) is 0.429. The van der Waals surface area contributed by atoms with Crippen LogP contribution in [0.15, 0.2) is 29.3 Å². The molecule has 1 unspecified atom stereocenters. The number of fused-ring (bicyclic) bond motifs is 1. The van der Waals surface area contributed by atoms with Gasteiger partial charge in [0.25, 0.3) is 5.56 Å². The first-order chi connectivity index (χ1) is 8.75. The van der Waals surface area contributed by atoms with Gasteiger partial charge < -0.3 is 5.32 Å². The van der Waals surface area contributed by atoms with Gasteiger partial charge in [0.1, 0.15) is 0 Å². The van der Waals surface area contributed by atoms with Crippen molar-refractivity contribution in [3.63, 3.8) is 0 Å². The average Bonchev–Trinajstić information content (AvgIpc) is 2.40. The highest BCUT2D eigenvalue weighted by Crippen LogP contribution is 2.16. The molecule has 1 aliphatic heterocycles. The molecule has 94 valence electrons. The number of aryl methyl sites for hydroxylation is 1. The minimum atomic E-state index is 0.0775. The number of aromatic nitrogens is 2. The van der Waals surface area contributed by atoms with E-state index in [9.17, 15) is 4.79 Å². The summed E-state index contributed by atoms with van der Waals surface area (Å²) in [6, 6.07) is 6.05. The van der Waals surface area contributed by atoms with Gasteiger partial charge in [0.05, 0.1) is 23.3 Å². The van der Waals surface area contributed by atoms with E-state index in [-0.39, 0.29) is 11.6 Å². The maximum Gasteiger partial charge on any atom is 0.261 e. The molecule has 0 aliphatic carbocycles. The second kappa shape index (κ2) is 4.53. The quantitative estimate of drug-likeness (QED) is 0.828. The molecule has 18 heavy (non-hydrogen) atoms. The van der Waals surface area contributed by atoms with Gasteiger partial charge in [-0.2, -0.15) is 0 Å². The van der Waals surface area contributed by atoms with Crippen molar-refractivity contribution < 1.29 is 0 Å². The maximum absolute atomic E-state index is 12.4. The minimum absolute atomic E-state index is 0.0775. The first-order valence-electron chi connectivity index (χ1n) is 6.44. The van der Waals surface area contributed by atoms with Gasteiger partial charge in [0, 0.05) is 6.54 Å². The molecule has 0 bridgehead atoms. The molecular formula is C14H17N3O. The predicted octanol–water partition coefficient (Wildman–Crippen LogP) is 1.63. The van der Waals surface area contributed by atoms with E-state index in [4.69, 9.17) is 0 Å². The van der Waals surface area contributed by atoms with E-state index in [1.165, 1.54) is 0 Å². The van der Waals surface area contributed by atoms with Crippen molar-refractivity contribution in [2.24, 2.45) is 0 Å². The van der Waals surface area contributed by atoms with Gasteiger partial charge in [0.2, 0.25) is 0 Å². The Kier molecular flexibility index (Phi) is 2.88. The Labute approximate surface area is 106 Å². The molecule has 1 aromatic heterocycles. The van der Waals surface area contributed by atoms with Crippen molar-refractivity contribution in [2.45, 2.75) is 25.8 Å². The molecule has 1 N–H and O–H groups in total. The van der Waals surface area contributed by atoms with E-state index in [0.29, 0.717) is 5.39 Å². The van der Waals surface area contributed by atoms with Crippen molar-refractivity contribution in [1.29, 1.82) is 0 Å². The second-order valence-electron chi connectivity index (χ2n) is 4.98. The van der Waals surface area contributed by atoms with E-state index in [0.717, 1.165) is 37.0 Å². The Morgan fingerprint density at radius 1 is 1.44 bits per heavy atom. The summed E-state index contributed by atoms with van der Waals surface area (Å²) in [4.78, 5) is 16.8. The van der Waals surface area contributed by atoms with E-state index in [2.05, 4.69) is 10.3 Å². The van der Waals surface area contributed by atoms with Crippen LogP contribution in [-0.2, 0) is 0 Å². The van der Waals surface area contributed by atoms with Gasteiger partial charge in [0.15, 0.2) is 0 Å². The summed E-state index contributed by atoms with van der Waals surface area (Å²) in [6.45, 7) is 3.92. The van der Waals surface area contributed by atoms with Crippen LogP contribution in [0.4, 0.5) is 0 Å². The van der Waals surface area contributed by atoms with Crippen LogP contribution in [-0.4, -0.2) is 22.6 Å². The fourth-order valence-corrected chi connectivity index (χ4v) is 2.58. The van der Waals surface area contributed by atoms with E-state index >= 15 is 0 Å². The zero-order chi connectivity index (χ0) is 12.5. The Hall–Kier alpha value is -1.68. The topological polar surface area (TPSA) is 46.9 Å². The summed E-state index contributed by atoms with van der Waals surface area (Å²) in [7, 11) is 0. The van der Waals surface area contributed by atoms with Crippen LogP contribution in [0.5, 0.6) is 0 Å². The van der Waals surface area contributed by atoms with Crippen molar-refractivity contribution >= 4 is 10.9 Å². The van der Waals surface area contributed by atoms with Crippen LogP contribution < -0.4 is 10.9 Å². The van der Waals surface area contributed by atoms with E-state index in [1.807, 2.05) is 25.1 Å². The third-order valence-corrected chi connectivity index (χ3v) is 3.60. The smallest absolute Gasteiger partial charge is 0.261 e. The summed E-state index contributed by atoms with van der Waals surface area (Å²) < 4.78 is 1.78. The SMILES string of the molecule is Cc1ccc2c(=O)n(C3CCCNC3)cnc2c1. The highest BCUT2D eigenvalue weighted by molar-refractivity contribution is 5.77. The number of benzene rings is 1. The molecule has 3 rings (SSSR count). The average molecular weight is 243 g/mol. The van der Waals surface area contributed by atoms with Gasteiger partial charge in [-0.25, -0.2) is 4.98 Å². The predicted molar refractivity (Wildman–Crippen MR) is 71.9 cm³/mol. The Balaban J connectivity index is 2.11. The first-order valence-corrected chi connectivity index (χ1v) is 6.44. The van der Waals surface area contributed by atoms with Crippen LogP contribution in [0.2, 0.25) is 0 Å². The van der Waals surface area contributed by atoms with Gasteiger partial charge in [-0.05, 0) is 44.0 Å². The summed E-state index contributed by atoms with van der Waals surface area (Å²) in [5.74, 6) is 0. The third kappa shape index (κ3) is 1.93. The normalized spacial score (nSPS) is 20.2. The molecule has 2 aromatic rings. The largest absolute Gasteiger partial charge is 0.315 e. The molecule has 4 nitrogen and oxygen atoms in total. The van der Waals surface area contributed by atoms with Gasteiger partial charge in [-0.3, -0.25) is 9.36 Å². The Morgan fingerprint density at radius 3 is 3.11 bits per heavy atom. The molecule has 0 saturated carbocycles. The lowest BCUT2D eigenvalue weighted by atomic mass is 10.1. The molecule has 4 heteroatoms. The van der Waals surface area contributed by atoms with Crippen molar-refractivity contribution in [3.8, 4) is 0 Å². The number of piperidine rings is 1. The molecule has 0 amide bonds. The molecule has 1 aliphatic rings. The molecule has 0 radical (unpaired) electrons. The Bertz CT molecular complexity index is 626. The van der Waals surface area contributed by atoms with Crippen LogP contribution in [0, 0.1) is 6.92 Å². The van der Waals surface area contributed by atoms with Crippen molar-refractivity contribution in [2.75, 3.05) is 13.1 Å². The zero-order valence-corrected chi connectivity index (χ0v) is 10.5. The van der Waals surface area contributed by atoms with Gasteiger partial charge in [-0.15, -0.1) is 0 Å². The van der Waals surface area contributed by atoms with E-state index in [1.54, 1.807) is 10.9 Å². The number of hydrogen-bond acceptors (Lipinski definition) is 3. The lowest BCUT2D eigenvalue weighted by Crippen LogP contribution is -2.36. The summed E-state index contributed by atoms with van der Waals surface area (Å²) in [5.41, 5.74) is 2.00. The number of nitrogens with zero attached hydrogens (tertiary/aromatic N) is 2. The summed E-state index contributed by atoms with van der Waals surface area (Å²) in [6.07, 6.45) is 3.86. The monoisotopic (exact) mass is 243 g/mol. The number of nitrogens with one attached hydrogen (secondary N) is 1. The summed E-state index contributed by atoms with van der Waals surface area (Å²) >= 11 is 0. The zero-order valence-electron chi connectivity index (χ0n) is 10.5. The molecule has 2 heterocycles. The highest BCUT2D eigenvalue weighted by atomic mass is 16.1. The van der Waals surface area contributed by atoms with Crippen molar-refractivity contribution in [1.82, 2.24) is 14.9 Å². The first kappa shape index (κ1) is 11.4. The number of rotatable bonds is 1. The van der Waals surface area contributed by atoms with E-state index < -0.39 is 0 Å². The van der Waals surface area contributed by atoms with Crippen LogP contribution in [0.1, 0.15) is 24.4 Å². The van der Waals surface area contributed by atoms with Crippen LogP contribution in [0.3, 0.4) is 0 Å². The fourth-order valence-electron chi connectivity index (χ4n) is 2.58. The van der Waals surface area contributed by atoms with Gasteiger partial charge in [-0.1, -0.05) is 6.07 Å².